The van der Waals surface area contributed by atoms with Crippen LogP contribution in [0.2, 0.25) is 5.02 Å². The summed E-state index contributed by atoms with van der Waals surface area (Å²) < 4.78 is 11.0. The van der Waals surface area contributed by atoms with Crippen molar-refractivity contribution in [1.82, 2.24) is 0 Å². The third kappa shape index (κ3) is 4.39. The molecule has 2 aromatic carbocycles. The van der Waals surface area contributed by atoms with E-state index in [2.05, 4.69) is 5.32 Å². The van der Waals surface area contributed by atoms with E-state index < -0.39 is 0 Å². The molecule has 0 unspecified atom stereocenters. The number of carbonyl (C=O) groups is 1. The van der Waals surface area contributed by atoms with Gasteiger partial charge in [0.05, 0.1) is 18.8 Å². The number of halogens is 1. The van der Waals surface area contributed by atoms with Gasteiger partial charge in [-0.3, -0.25) is 4.79 Å². The van der Waals surface area contributed by atoms with Crippen LogP contribution in [0.15, 0.2) is 36.4 Å². The number of anilines is 1. The molecule has 0 saturated carbocycles. The molecular formula is C18H20ClNO3. The number of hydrogen-bond acceptors (Lipinski definition) is 3. The number of hydrogen-bond donors (Lipinski definition) is 1. The predicted octanol–water partition coefficient (Wildman–Crippen LogP) is 4.70. The second kappa shape index (κ2) is 7.88. The molecule has 1 amide bonds. The molecule has 0 aliphatic heterocycles. The molecule has 0 spiro atoms. The minimum absolute atomic E-state index is 0.253. The minimum Gasteiger partial charge on any atom is -0.494 e. The Labute approximate surface area is 141 Å². The Hall–Kier alpha value is -2.20. The summed E-state index contributed by atoms with van der Waals surface area (Å²) in [7, 11) is 0. The van der Waals surface area contributed by atoms with Gasteiger partial charge in [0.15, 0.2) is 0 Å². The minimum atomic E-state index is -0.253. The van der Waals surface area contributed by atoms with Crippen molar-refractivity contribution in [2.24, 2.45) is 0 Å². The fraction of sp³-hybridized carbons (Fsp3) is 0.278. The molecule has 122 valence electrons. The lowest BCUT2D eigenvalue weighted by Crippen LogP contribution is -2.14. The van der Waals surface area contributed by atoms with Crippen LogP contribution in [0.4, 0.5) is 5.69 Å². The maximum atomic E-state index is 12.5. The summed E-state index contributed by atoms with van der Waals surface area (Å²) in [5, 5.41) is 3.44. The number of nitrogens with one attached hydrogen (secondary N) is 1. The summed E-state index contributed by atoms with van der Waals surface area (Å²) in [4.78, 5) is 12.5. The zero-order valence-electron chi connectivity index (χ0n) is 13.5. The van der Waals surface area contributed by atoms with Gasteiger partial charge in [-0.25, -0.2) is 0 Å². The first-order valence-corrected chi connectivity index (χ1v) is 7.90. The van der Waals surface area contributed by atoms with Gasteiger partial charge in [-0.05, 0) is 50.6 Å². The first-order valence-electron chi connectivity index (χ1n) is 7.52. The van der Waals surface area contributed by atoms with Crippen molar-refractivity contribution >= 4 is 23.2 Å². The highest BCUT2D eigenvalue weighted by atomic mass is 35.5. The normalized spacial score (nSPS) is 10.3. The van der Waals surface area contributed by atoms with E-state index in [4.69, 9.17) is 21.1 Å². The molecule has 0 fully saturated rings. The molecule has 0 aromatic heterocycles. The van der Waals surface area contributed by atoms with Gasteiger partial charge in [-0.15, -0.1) is 0 Å². The maximum absolute atomic E-state index is 12.5. The summed E-state index contributed by atoms with van der Waals surface area (Å²) in [5.74, 6) is 0.913. The quantitative estimate of drug-likeness (QED) is 0.833. The summed E-state index contributed by atoms with van der Waals surface area (Å²) in [6.45, 7) is 6.70. The van der Waals surface area contributed by atoms with E-state index in [9.17, 15) is 4.79 Å². The molecule has 23 heavy (non-hydrogen) atoms. The van der Waals surface area contributed by atoms with Crippen molar-refractivity contribution < 1.29 is 14.3 Å². The van der Waals surface area contributed by atoms with E-state index in [0.717, 1.165) is 5.56 Å². The Morgan fingerprint density at radius 1 is 1.09 bits per heavy atom. The molecule has 5 heteroatoms. The molecule has 0 aliphatic rings. The number of amides is 1. The van der Waals surface area contributed by atoms with Crippen LogP contribution in [0, 0.1) is 6.92 Å². The number of rotatable bonds is 6. The number of carbonyl (C=O) groups excluding carboxylic acids is 1. The van der Waals surface area contributed by atoms with Crippen molar-refractivity contribution in [1.29, 1.82) is 0 Å². The smallest absolute Gasteiger partial charge is 0.259 e. The average Bonchev–Trinajstić information content (AvgIpc) is 2.52. The predicted molar refractivity (Wildman–Crippen MR) is 92.9 cm³/mol. The van der Waals surface area contributed by atoms with Crippen LogP contribution in [0.1, 0.15) is 29.8 Å². The molecule has 0 heterocycles. The summed E-state index contributed by atoms with van der Waals surface area (Å²) in [6.07, 6.45) is 0. The first-order chi connectivity index (χ1) is 11.0. The van der Waals surface area contributed by atoms with Crippen molar-refractivity contribution in [3.63, 3.8) is 0 Å². The Morgan fingerprint density at radius 2 is 1.83 bits per heavy atom. The number of benzene rings is 2. The molecule has 0 atom stereocenters. The fourth-order valence-electron chi connectivity index (χ4n) is 2.09. The van der Waals surface area contributed by atoms with Crippen molar-refractivity contribution in [3.05, 3.63) is 52.5 Å². The standard InChI is InChI=1S/C18H20ClNO3/c1-4-22-14-8-9-15(17(11-14)23-5-2)18(21)20-13-7-6-12(3)16(19)10-13/h6-11H,4-5H2,1-3H3,(H,20,21). The van der Waals surface area contributed by atoms with Crippen molar-refractivity contribution in [2.75, 3.05) is 18.5 Å². The first kappa shape index (κ1) is 17.2. The van der Waals surface area contributed by atoms with E-state index in [1.807, 2.05) is 32.9 Å². The molecular weight excluding hydrogens is 314 g/mol. The Morgan fingerprint density at radius 3 is 2.48 bits per heavy atom. The largest absolute Gasteiger partial charge is 0.494 e. The van der Waals surface area contributed by atoms with Crippen LogP contribution in [-0.4, -0.2) is 19.1 Å². The van der Waals surface area contributed by atoms with E-state index in [0.29, 0.717) is 41.0 Å². The van der Waals surface area contributed by atoms with Crippen LogP contribution in [0.25, 0.3) is 0 Å². The van der Waals surface area contributed by atoms with Crippen LogP contribution in [0.5, 0.6) is 11.5 Å². The van der Waals surface area contributed by atoms with Crippen LogP contribution < -0.4 is 14.8 Å². The summed E-state index contributed by atoms with van der Waals surface area (Å²) in [5.41, 5.74) is 2.05. The number of ether oxygens (including phenoxy) is 2. The lowest BCUT2D eigenvalue weighted by atomic mass is 10.1. The molecule has 0 aliphatic carbocycles. The summed E-state index contributed by atoms with van der Waals surface area (Å²) >= 11 is 6.09. The van der Waals surface area contributed by atoms with Crippen LogP contribution in [0.3, 0.4) is 0 Å². The highest BCUT2D eigenvalue weighted by molar-refractivity contribution is 6.31. The van der Waals surface area contributed by atoms with E-state index in [1.165, 1.54) is 0 Å². The second-order valence-corrected chi connectivity index (χ2v) is 5.35. The molecule has 0 radical (unpaired) electrons. The van der Waals surface area contributed by atoms with Gasteiger partial charge < -0.3 is 14.8 Å². The maximum Gasteiger partial charge on any atom is 0.259 e. The number of aryl methyl sites for hydroxylation is 1. The Bertz CT molecular complexity index is 701. The van der Waals surface area contributed by atoms with Gasteiger partial charge in [-0.2, -0.15) is 0 Å². The topological polar surface area (TPSA) is 47.6 Å². The fourth-order valence-corrected chi connectivity index (χ4v) is 2.27. The highest BCUT2D eigenvalue weighted by Crippen LogP contribution is 2.27. The van der Waals surface area contributed by atoms with E-state index in [-0.39, 0.29) is 5.91 Å². The third-order valence-corrected chi connectivity index (χ3v) is 3.65. The zero-order valence-corrected chi connectivity index (χ0v) is 14.2. The van der Waals surface area contributed by atoms with Gasteiger partial charge in [0.1, 0.15) is 11.5 Å². The zero-order chi connectivity index (χ0) is 16.8. The second-order valence-electron chi connectivity index (χ2n) is 4.94. The molecule has 1 N–H and O–H groups in total. The highest BCUT2D eigenvalue weighted by Gasteiger charge is 2.14. The lowest BCUT2D eigenvalue weighted by molar-refractivity contribution is 0.102. The molecule has 2 aromatic rings. The SMILES string of the molecule is CCOc1ccc(C(=O)Nc2ccc(C)c(Cl)c2)c(OCC)c1. The van der Waals surface area contributed by atoms with Gasteiger partial charge in [-0.1, -0.05) is 17.7 Å². The molecule has 4 nitrogen and oxygen atoms in total. The van der Waals surface area contributed by atoms with Crippen molar-refractivity contribution in [3.8, 4) is 11.5 Å². The lowest BCUT2D eigenvalue weighted by Gasteiger charge is -2.13. The van der Waals surface area contributed by atoms with Gasteiger partial charge in [0.25, 0.3) is 5.91 Å². The Balaban J connectivity index is 2.24. The van der Waals surface area contributed by atoms with Gasteiger partial charge in [0.2, 0.25) is 0 Å². The van der Waals surface area contributed by atoms with Gasteiger partial charge in [0, 0.05) is 16.8 Å². The molecule has 2 rings (SSSR count). The van der Waals surface area contributed by atoms with Gasteiger partial charge >= 0.3 is 0 Å². The van der Waals surface area contributed by atoms with Crippen LogP contribution in [-0.2, 0) is 0 Å². The molecule has 0 bridgehead atoms. The van der Waals surface area contributed by atoms with E-state index in [1.54, 1.807) is 24.3 Å². The molecule has 0 saturated heterocycles. The average molecular weight is 334 g/mol. The van der Waals surface area contributed by atoms with E-state index >= 15 is 0 Å². The summed E-state index contributed by atoms with van der Waals surface area (Å²) in [6, 6.07) is 10.6. The third-order valence-electron chi connectivity index (χ3n) is 3.24. The Kier molecular flexibility index (Phi) is 5.88. The monoisotopic (exact) mass is 333 g/mol. The van der Waals surface area contributed by atoms with Crippen molar-refractivity contribution in [2.45, 2.75) is 20.8 Å². The van der Waals surface area contributed by atoms with Crippen LogP contribution >= 0.6 is 11.6 Å².